The summed E-state index contributed by atoms with van der Waals surface area (Å²) >= 11 is 0. The highest BCUT2D eigenvalue weighted by Crippen LogP contribution is 1.48. The number of hydroxylamine groups is 2. The maximum Gasteiger partial charge on any atom is 0.130 e. The van der Waals surface area contributed by atoms with Crippen LogP contribution in [0.2, 0.25) is 0 Å². The Labute approximate surface area is 45.7 Å². The summed E-state index contributed by atoms with van der Waals surface area (Å²) in [6.45, 7) is 0.684. The highest BCUT2D eigenvalue weighted by molar-refractivity contribution is 4.26. The van der Waals surface area contributed by atoms with E-state index in [0.29, 0.717) is 6.54 Å². The second-order valence-electron chi connectivity index (χ2n) is 1.44. The smallest absolute Gasteiger partial charge is 0.130 e. The number of quaternary nitrogens is 2. The molecule has 2 atom stereocenters. The molecule has 2 unspecified atom stereocenters. The minimum atomic E-state index is -0.638. The predicted octanol–water partition coefficient (Wildman–Crippen LogP) is -3.88. The Morgan fingerprint density at radius 1 is 1.50 bits per heavy atom. The van der Waals surface area contributed by atoms with Crippen molar-refractivity contribution >= 4 is 0 Å². The Balaban J connectivity index is 2.23. The molecule has 0 spiro atoms. The molecular formula is C2H7N3O3. The fraction of sp³-hybridized carbons (Fsp3) is 1.00. The van der Waals surface area contributed by atoms with E-state index in [2.05, 4.69) is 10.4 Å². The summed E-state index contributed by atoms with van der Waals surface area (Å²) in [5.41, 5.74) is 2.33. The van der Waals surface area contributed by atoms with Gasteiger partial charge in [-0.1, -0.05) is 5.34 Å². The van der Waals surface area contributed by atoms with E-state index >= 15 is 0 Å². The zero-order valence-electron chi connectivity index (χ0n) is 4.14. The number of hydrogen-bond acceptors (Lipinski definition) is 4. The van der Waals surface area contributed by atoms with Crippen molar-refractivity contribution in [2.75, 3.05) is 13.1 Å². The average molecular weight is 121 g/mol. The van der Waals surface area contributed by atoms with Crippen molar-refractivity contribution in [3.63, 3.8) is 0 Å². The Morgan fingerprint density at radius 3 is 2.62 bits per heavy atom. The first-order valence-corrected chi connectivity index (χ1v) is 2.27. The van der Waals surface area contributed by atoms with E-state index in [1.54, 1.807) is 0 Å². The van der Waals surface area contributed by atoms with Gasteiger partial charge in [0.1, 0.15) is 13.1 Å². The number of hydrogen-bond donors (Lipinski definition) is 3. The molecule has 6 nitrogen and oxygen atoms in total. The largest absolute Gasteiger partial charge is 0.595 e. The lowest BCUT2D eigenvalue weighted by Crippen LogP contribution is -3.32. The number of nitrogens with one attached hydrogen (secondary N) is 3. The molecule has 1 heterocycles. The molecule has 1 saturated heterocycles. The van der Waals surface area contributed by atoms with Gasteiger partial charge in [0.25, 0.3) is 0 Å². The van der Waals surface area contributed by atoms with Crippen molar-refractivity contribution in [2.45, 2.75) is 0 Å². The molecule has 6 heteroatoms. The first-order valence-electron chi connectivity index (χ1n) is 2.27. The van der Waals surface area contributed by atoms with Crippen LogP contribution in [0, 0.1) is 10.4 Å². The van der Waals surface area contributed by atoms with Gasteiger partial charge < -0.3 is 10.4 Å². The SMILES string of the molecule is [O-][NH+]1CCN[NH+]([O-])O1. The van der Waals surface area contributed by atoms with Crippen LogP contribution in [0.1, 0.15) is 0 Å². The summed E-state index contributed by atoms with van der Waals surface area (Å²) in [6.07, 6.45) is 0. The van der Waals surface area contributed by atoms with Crippen LogP contribution in [-0.4, -0.2) is 13.1 Å². The van der Waals surface area contributed by atoms with Crippen LogP contribution in [0.25, 0.3) is 0 Å². The fourth-order valence-corrected chi connectivity index (χ4v) is 0.457. The molecule has 0 aromatic heterocycles. The summed E-state index contributed by atoms with van der Waals surface area (Å²) < 4.78 is 0. The monoisotopic (exact) mass is 121 g/mol. The molecule has 0 aliphatic carbocycles. The zero-order valence-corrected chi connectivity index (χ0v) is 4.14. The molecule has 0 aromatic carbocycles. The Hall–Kier alpha value is -0.240. The Morgan fingerprint density at radius 2 is 2.25 bits per heavy atom. The second-order valence-corrected chi connectivity index (χ2v) is 1.44. The third-order valence-corrected chi connectivity index (χ3v) is 0.805. The summed E-state index contributed by atoms with van der Waals surface area (Å²) in [6, 6.07) is 0. The van der Waals surface area contributed by atoms with E-state index in [0.717, 1.165) is 0 Å². The Kier molecular flexibility index (Phi) is 1.73. The van der Waals surface area contributed by atoms with Gasteiger partial charge in [0.15, 0.2) is 0 Å². The van der Waals surface area contributed by atoms with Crippen molar-refractivity contribution in [2.24, 2.45) is 0 Å². The summed E-state index contributed by atoms with van der Waals surface area (Å²) in [5.74, 6) is 0. The van der Waals surface area contributed by atoms with Gasteiger partial charge in [0, 0.05) is 4.94 Å². The van der Waals surface area contributed by atoms with Gasteiger partial charge in [-0.3, -0.25) is 0 Å². The van der Waals surface area contributed by atoms with Crippen molar-refractivity contribution < 1.29 is 15.5 Å². The molecule has 48 valence electrons. The summed E-state index contributed by atoms with van der Waals surface area (Å²) in [5, 5.41) is 19.2. The number of rotatable bonds is 0. The van der Waals surface area contributed by atoms with Gasteiger partial charge in [-0.2, -0.15) is 5.23 Å². The zero-order chi connectivity index (χ0) is 5.98. The van der Waals surface area contributed by atoms with Gasteiger partial charge in [-0.25, -0.2) is 0 Å². The molecule has 1 aliphatic rings. The van der Waals surface area contributed by atoms with Gasteiger partial charge in [-0.05, 0) is 0 Å². The third-order valence-electron chi connectivity index (χ3n) is 0.805. The molecule has 8 heavy (non-hydrogen) atoms. The fourth-order valence-electron chi connectivity index (χ4n) is 0.457. The molecule has 3 N–H and O–H groups in total. The van der Waals surface area contributed by atoms with E-state index in [9.17, 15) is 10.4 Å². The highest BCUT2D eigenvalue weighted by Gasteiger charge is 2.11. The van der Waals surface area contributed by atoms with Gasteiger partial charge in [0.05, 0.1) is 0 Å². The van der Waals surface area contributed by atoms with Crippen LogP contribution in [0.4, 0.5) is 0 Å². The predicted molar refractivity (Wildman–Crippen MR) is 22.6 cm³/mol. The van der Waals surface area contributed by atoms with Gasteiger partial charge in [0.2, 0.25) is 0 Å². The first-order chi connectivity index (χ1) is 3.79. The molecule has 1 rings (SSSR count). The van der Waals surface area contributed by atoms with Crippen molar-refractivity contribution in [3.8, 4) is 0 Å². The maximum atomic E-state index is 10.2. The van der Waals surface area contributed by atoms with E-state index in [4.69, 9.17) is 0 Å². The molecular weight excluding hydrogens is 114 g/mol. The van der Waals surface area contributed by atoms with Gasteiger partial charge in [-0.15, -0.1) is 5.43 Å². The van der Waals surface area contributed by atoms with Gasteiger partial charge >= 0.3 is 0 Å². The van der Waals surface area contributed by atoms with Crippen molar-refractivity contribution in [3.05, 3.63) is 10.4 Å². The Bertz CT molecular complexity index is 70.9. The molecule has 0 saturated carbocycles. The lowest BCUT2D eigenvalue weighted by molar-refractivity contribution is -1.34. The minimum absolute atomic E-state index is 0.283. The van der Waals surface area contributed by atoms with Crippen molar-refractivity contribution in [1.29, 1.82) is 0 Å². The van der Waals surface area contributed by atoms with E-state index < -0.39 is 10.6 Å². The lowest BCUT2D eigenvalue weighted by atomic mass is 10.7. The van der Waals surface area contributed by atoms with Crippen LogP contribution in [-0.2, 0) is 4.94 Å². The second kappa shape index (κ2) is 2.35. The normalized spacial score (nSPS) is 39.8. The van der Waals surface area contributed by atoms with E-state index in [1.807, 2.05) is 0 Å². The average Bonchev–Trinajstić information content (AvgIpc) is 1.64. The molecule has 1 aliphatic heterocycles. The molecule has 0 radical (unpaired) electrons. The molecule has 0 amide bonds. The van der Waals surface area contributed by atoms with Crippen molar-refractivity contribution in [1.82, 2.24) is 5.43 Å². The summed E-state index contributed by atoms with van der Waals surface area (Å²) in [7, 11) is 0. The maximum absolute atomic E-state index is 10.2. The first kappa shape index (κ1) is 5.89. The molecule has 0 aromatic rings. The van der Waals surface area contributed by atoms with Crippen LogP contribution < -0.4 is 16.0 Å². The van der Waals surface area contributed by atoms with Crippen LogP contribution in [0.5, 0.6) is 0 Å². The highest BCUT2D eigenvalue weighted by atomic mass is 17.1. The summed E-state index contributed by atoms with van der Waals surface area (Å²) in [4.78, 5) is 4.10. The van der Waals surface area contributed by atoms with Crippen LogP contribution in [0.15, 0.2) is 0 Å². The standard InChI is InChI=1S/C2H7N3O3/c6-4-2-1-3-5(7)8-4/h3-5H,1-2H2. The van der Waals surface area contributed by atoms with E-state index in [-0.39, 0.29) is 6.54 Å². The third kappa shape index (κ3) is 1.37. The topological polar surface area (TPSA) is 76.3 Å². The van der Waals surface area contributed by atoms with E-state index in [1.165, 1.54) is 0 Å². The van der Waals surface area contributed by atoms with Crippen LogP contribution in [0.3, 0.4) is 0 Å². The quantitative estimate of drug-likeness (QED) is 0.286. The molecule has 1 fully saturated rings. The minimum Gasteiger partial charge on any atom is -0.595 e. The molecule has 0 bridgehead atoms. The van der Waals surface area contributed by atoms with Crippen LogP contribution >= 0.6 is 0 Å². The lowest BCUT2D eigenvalue weighted by Gasteiger charge is -2.28.